The Bertz CT molecular complexity index is 724. The lowest BCUT2D eigenvalue weighted by molar-refractivity contribution is -0.132. The molecule has 1 aliphatic rings. The van der Waals surface area contributed by atoms with Crippen molar-refractivity contribution in [2.75, 3.05) is 26.2 Å². The van der Waals surface area contributed by atoms with Gasteiger partial charge in [-0.1, -0.05) is 0 Å². The number of hydrogen-bond donors (Lipinski definition) is 2. The molecule has 1 aliphatic heterocycles. The Morgan fingerprint density at radius 2 is 1.83 bits per heavy atom. The third kappa shape index (κ3) is 3.47. The van der Waals surface area contributed by atoms with E-state index in [4.69, 9.17) is 0 Å². The van der Waals surface area contributed by atoms with E-state index in [2.05, 4.69) is 15.2 Å². The van der Waals surface area contributed by atoms with Gasteiger partial charge in [-0.15, -0.1) is 0 Å². The van der Waals surface area contributed by atoms with Gasteiger partial charge in [0.1, 0.15) is 5.69 Å². The summed E-state index contributed by atoms with van der Waals surface area (Å²) < 4.78 is 0. The van der Waals surface area contributed by atoms with Crippen molar-refractivity contribution < 1.29 is 9.59 Å². The van der Waals surface area contributed by atoms with Gasteiger partial charge >= 0.3 is 0 Å². The van der Waals surface area contributed by atoms with Crippen LogP contribution in [0.2, 0.25) is 0 Å². The Balaban J connectivity index is 1.55. The van der Waals surface area contributed by atoms with Gasteiger partial charge in [0.15, 0.2) is 0 Å². The lowest BCUT2D eigenvalue weighted by Crippen LogP contribution is -2.51. The minimum absolute atomic E-state index is 0.0433. The number of H-pyrrole nitrogens is 2. The second-order valence-corrected chi connectivity index (χ2v) is 5.35. The second-order valence-electron chi connectivity index (χ2n) is 5.35. The van der Waals surface area contributed by atoms with Crippen LogP contribution in [0.3, 0.4) is 0 Å². The fourth-order valence-corrected chi connectivity index (χ4v) is 2.54. The van der Waals surface area contributed by atoms with E-state index in [1.165, 1.54) is 12.1 Å². The summed E-state index contributed by atoms with van der Waals surface area (Å²) in [7, 11) is 0. The van der Waals surface area contributed by atoms with Gasteiger partial charge in [-0.25, -0.2) is 5.10 Å². The molecule has 0 atom stereocenters. The molecule has 1 saturated heterocycles. The number of amides is 2. The van der Waals surface area contributed by atoms with Crippen LogP contribution in [0.4, 0.5) is 0 Å². The van der Waals surface area contributed by atoms with Crippen molar-refractivity contribution in [3.05, 3.63) is 52.2 Å². The quantitative estimate of drug-likeness (QED) is 0.806. The monoisotopic (exact) mass is 315 g/mol. The fourth-order valence-electron chi connectivity index (χ4n) is 2.54. The zero-order chi connectivity index (χ0) is 16.2. The standard InChI is InChI=1S/C15H17N5O3/c21-13-4-3-12(17-18-13)15(23)20-8-6-19(7-9-20)14(22)10-11-2-1-5-16-11/h1-5,16H,6-10H2,(H,18,21). The molecule has 0 unspecified atom stereocenters. The Kier molecular flexibility index (Phi) is 4.22. The van der Waals surface area contributed by atoms with Crippen molar-refractivity contribution >= 4 is 11.8 Å². The molecule has 2 aromatic rings. The van der Waals surface area contributed by atoms with E-state index in [0.717, 1.165) is 5.69 Å². The summed E-state index contributed by atoms with van der Waals surface area (Å²) in [5, 5.41) is 5.99. The molecule has 23 heavy (non-hydrogen) atoms. The molecule has 3 rings (SSSR count). The van der Waals surface area contributed by atoms with E-state index in [1.807, 2.05) is 12.1 Å². The average molecular weight is 315 g/mol. The van der Waals surface area contributed by atoms with Crippen LogP contribution in [0.5, 0.6) is 0 Å². The molecule has 120 valence electrons. The van der Waals surface area contributed by atoms with Crippen LogP contribution in [0, 0.1) is 0 Å². The third-order valence-electron chi connectivity index (χ3n) is 3.82. The van der Waals surface area contributed by atoms with Crippen molar-refractivity contribution in [2.24, 2.45) is 0 Å². The predicted molar refractivity (Wildman–Crippen MR) is 81.8 cm³/mol. The number of piperazine rings is 1. The molecule has 0 spiro atoms. The summed E-state index contributed by atoms with van der Waals surface area (Å²) in [5.74, 6) is -0.195. The van der Waals surface area contributed by atoms with Gasteiger partial charge in [0.2, 0.25) is 5.91 Å². The highest BCUT2D eigenvalue weighted by Gasteiger charge is 2.25. The van der Waals surface area contributed by atoms with Crippen LogP contribution in [-0.4, -0.2) is 63.0 Å². The minimum Gasteiger partial charge on any atom is -0.365 e. The summed E-state index contributed by atoms with van der Waals surface area (Å²) >= 11 is 0. The number of carbonyl (C=O) groups excluding carboxylic acids is 2. The van der Waals surface area contributed by atoms with Crippen molar-refractivity contribution in [2.45, 2.75) is 6.42 Å². The minimum atomic E-state index is -0.346. The normalized spacial score (nSPS) is 14.8. The summed E-state index contributed by atoms with van der Waals surface area (Å²) in [5.41, 5.74) is 0.739. The van der Waals surface area contributed by atoms with Crippen LogP contribution in [0.15, 0.2) is 35.3 Å². The molecular formula is C15H17N5O3. The fraction of sp³-hybridized carbons (Fsp3) is 0.333. The number of rotatable bonds is 3. The lowest BCUT2D eigenvalue weighted by Gasteiger charge is -2.34. The van der Waals surface area contributed by atoms with Crippen LogP contribution < -0.4 is 5.56 Å². The van der Waals surface area contributed by atoms with Crippen molar-refractivity contribution in [1.29, 1.82) is 0 Å². The van der Waals surface area contributed by atoms with Gasteiger partial charge in [-0.05, 0) is 18.2 Å². The Labute approximate surface area is 132 Å². The largest absolute Gasteiger partial charge is 0.365 e. The number of nitrogens with zero attached hydrogens (tertiary/aromatic N) is 3. The zero-order valence-electron chi connectivity index (χ0n) is 12.5. The van der Waals surface area contributed by atoms with Crippen LogP contribution >= 0.6 is 0 Å². The van der Waals surface area contributed by atoms with Crippen molar-refractivity contribution in [3.8, 4) is 0 Å². The third-order valence-corrected chi connectivity index (χ3v) is 3.82. The molecule has 2 amide bonds. The first-order chi connectivity index (χ1) is 11.1. The lowest BCUT2D eigenvalue weighted by atomic mass is 10.2. The van der Waals surface area contributed by atoms with E-state index in [-0.39, 0.29) is 23.1 Å². The highest BCUT2D eigenvalue weighted by molar-refractivity contribution is 5.92. The maximum Gasteiger partial charge on any atom is 0.274 e. The topological polar surface area (TPSA) is 102 Å². The van der Waals surface area contributed by atoms with E-state index >= 15 is 0 Å². The maximum atomic E-state index is 12.3. The van der Waals surface area contributed by atoms with Gasteiger partial charge in [0.25, 0.3) is 11.5 Å². The molecule has 0 bridgehead atoms. The van der Waals surface area contributed by atoms with Crippen LogP contribution in [0.25, 0.3) is 0 Å². The summed E-state index contributed by atoms with van der Waals surface area (Å²) in [4.78, 5) is 41.9. The van der Waals surface area contributed by atoms with Gasteiger partial charge in [-0.3, -0.25) is 14.4 Å². The van der Waals surface area contributed by atoms with Crippen molar-refractivity contribution in [1.82, 2.24) is 25.0 Å². The van der Waals surface area contributed by atoms with Gasteiger partial charge in [-0.2, -0.15) is 5.10 Å². The molecule has 0 aromatic carbocycles. The number of nitrogens with one attached hydrogen (secondary N) is 2. The highest BCUT2D eigenvalue weighted by Crippen LogP contribution is 2.08. The van der Waals surface area contributed by atoms with Gasteiger partial charge in [0.05, 0.1) is 6.42 Å². The first-order valence-electron chi connectivity index (χ1n) is 7.38. The Hall–Kier alpha value is -2.90. The smallest absolute Gasteiger partial charge is 0.274 e. The predicted octanol–water partition coefficient (Wildman–Crippen LogP) is -0.375. The maximum absolute atomic E-state index is 12.3. The SMILES string of the molecule is O=C(Cc1ccc[nH]1)N1CCN(C(=O)c2ccc(=O)[nH]n2)CC1. The van der Waals surface area contributed by atoms with E-state index in [9.17, 15) is 14.4 Å². The molecule has 2 N–H and O–H groups in total. The van der Waals surface area contributed by atoms with Crippen LogP contribution in [0.1, 0.15) is 16.2 Å². The summed E-state index contributed by atoms with van der Waals surface area (Å²) in [6.07, 6.45) is 2.12. The zero-order valence-corrected chi connectivity index (χ0v) is 12.5. The molecule has 1 fully saturated rings. The molecule has 0 radical (unpaired) electrons. The number of aromatic amines is 2. The van der Waals surface area contributed by atoms with E-state index < -0.39 is 0 Å². The Morgan fingerprint density at radius 1 is 1.09 bits per heavy atom. The summed E-state index contributed by atoms with van der Waals surface area (Å²) in [6.45, 7) is 1.90. The molecule has 0 saturated carbocycles. The first kappa shape index (κ1) is 15.0. The second kappa shape index (κ2) is 6.47. The summed E-state index contributed by atoms with van der Waals surface area (Å²) in [6, 6.07) is 6.41. The van der Waals surface area contributed by atoms with Gasteiger partial charge < -0.3 is 14.8 Å². The average Bonchev–Trinajstić information content (AvgIpc) is 3.08. The molecule has 0 aliphatic carbocycles. The number of carbonyl (C=O) groups is 2. The molecule has 8 heteroatoms. The first-order valence-corrected chi connectivity index (χ1v) is 7.38. The highest BCUT2D eigenvalue weighted by atomic mass is 16.2. The van der Waals surface area contributed by atoms with Crippen LogP contribution in [-0.2, 0) is 11.2 Å². The van der Waals surface area contributed by atoms with E-state index in [0.29, 0.717) is 32.6 Å². The number of aromatic nitrogens is 3. The molecule has 3 heterocycles. The van der Waals surface area contributed by atoms with E-state index in [1.54, 1.807) is 16.0 Å². The molecule has 8 nitrogen and oxygen atoms in total. The van der Waals surface area contributed by atoms with Crippen molar-refractivity contribution in [3.63, 3.8) is 0 Å². The molecular weight excluding hydrogens is 298 g/mol. The molecule has 2 aromatic heterocycles. The van der Waals surface area contributed by atoms with Gasteiger partial charge in [0, 0.05) is 44.1 Å². The Morgan fingerprint density at radius 3 is 2.43 bits per heavy atom. The number of hydrogen-bond acceptors (Lipinski definition) is 4.